The van der Waals surface area contributed by atoms with Crippen LogP contribution in [0.25, 0.3) is 0 Å². The number of hydrogen-bond donors (Lipinski definition) is 2. The van der Waals surface area contributed by atoms with Gasteiger partial charge < -0.3 is 14.6 Å². The van der Waals surface area contributed by atoms with Crippen molar-refractivity contribution in [3.8, 4) is 5.75 Å². The summed E-state index contributed by atoms with van der Waals surface area (Å²) in [7, 11) is 0. The molecule has 0 spiro atoms. The lowest BCUT2D eigenvalue weighted by atomic mass is 10.3. The van der Waals surface area contributed by atoms with Crippen molar-refractivity contribution in [2.75, 3.05) is 25.1 Å². The summed E-state index contributed by atoms with van der Waals surface area (Å²) in [5, 5.41) is 11.5. The number of nitrogens with one attached hydrogen (secondary N) is 1. The highest BCUT2D eigenvalue weighted by atomic mass is 35.5. The number of carbonyl (C=O) groups excluding carboxylic acids is 1. The standard InChI is InChI=1S/C11H14ClNO4/c1-2-16-10-4-3-8(12)7-9(10)13-11(15)17-6-5-14/h3-4,7,14H,2,5-6H2,1H3,(H,13,15). The van der Waals surface area contributed by atoms with E-state index < -0.39 is 6.09 Å². The van der Waals surface area contributed by atoms with Gasteiger partial charge in [0, 0.05) is 5.02 Å². The molecule has 0 heterocycles. The molecule has 1 aromatic rings. The Balaban J connectivity index is 2.73. The Morgan fingerprint density at radius 1 is 1.53 bits per heavy atom. The van der Waals surface area contributed by atoms with E-state index in [0.29, 0.717) is 23.1 Å². The Morgan fingerprint density at radius 2 is 2.29 bits per heavy atom. The van der Waals surface area contributed by atoms with Crippen molar-refractivity contribution in [2.45, 2.75) is 6.92 Å². The van der Waals surface area contributed by atoms with Gasteiger partial charge in [0.1, 0.15) is 12.4 Å². The van der Waals surface area contributed by atoms with Crippen LogP contribution in [0.2, 0.25) is 5.02 Å². The van der Waals surface area contributed by atoms with Gasteiger partial charge >= 0.3 is 6.09 Å². The SMILES string of the molecule is CCOc1ccc(Cl)cc1NC(=O)OCCO. The smallest absolute Gasteiger partial charge is 0.411 e. The van der Waals surface area contributed by atoms with Crippen LogP contribution in [-0.4, -0.2) is 31.0 Å². The molecular formula is C11H14ClNO4. The average Bonchev–Trinajstić information content (AvgIpc) is 2.30. The van der Waals surface area contributed by atoms with Gasteiger partial charge in [-0.25, -0.2) is 4.79 Å². The van der Waals surface area contributed by atoms with Crippen LogP contribution in [0.5, 0.6) is 5.75 Å². The molecule has 0 saturated heterocycles. The fourth-order valence-corrected chi connectivity index (χ4v) is 1.34. The van der Waals surface area contributed by atoms with E-state index in [2.05, 4.69) is 10.1 Å². The third kappa shape index (κ3) is 4.50. The minimum Gasteiger partial charge on any atom is -0.492 e. The van der Waals surface area contributed by atoms with E-state index >= 15 is 0 Å². The second kappa shape index (κ2) is 6.98. The molecule has 2 N–H and O–H groups in total. The minimum atomic E-state index is -0.665. The number of benzene rings is 1. The summed E-state index contributed by atoms with van der Waals surface area (Å²) < 4.78 is 9.99. The molecule has 1 amide bonds. The molecular weight excluding hydrogens is 246 g/mol. The number of carbonyl (C=O) groups is 1. The van der Waals surface area contributed by atoms with E-state index in [-0.39, 0.29) is 13.2 Å². The van der Waals surface area contributed by atoms with E-state index in [1.54, 1.807) is 18.2 Å². The zero-order valence-electron chi connectivity index (χ0n) is 9.40. The van der Waals surface area contributed by atoms with E-state index in [1.165, 1.54) is 0 Å². The first-order valence-corrected chi connectivity index (χ1v) is 5.52. The molecule has 0 fully saturated rings. The third-order valence-electron chi connectivity index (χ3n) is 1.80. The highest BCUT2D eigenvalue weighted by Crippen LogP contribution is 2.28. The lowest BCUT2D eigenvalue weighted by molar-refractivity contribution is 0.131. The van der Waals surface area contributed by atoms with E-state index in [1.807, 2.05) is 6.92 Å². The van der Waals surface area contributed by atoms with Crippen LogP contribution >= 0.6 is 11.6 Å². The zero-order valence-corrected chi connectivity index (χ0v) is 10.2. The van der Waals surface area contributed by atoms with Gasteiger partial charge in [-0.05, 0) is 25.1 Å². The average molecular weight is 260 g/mol. The predicted octanol–water partition coefficient (Wildman–Crippen LogP) is 2.28. The summed E-state index contributed by atoms with van der Waals surface area (Å²) in [5.41, 5.74) is 0.433. The molecule has 5 nitrogen and oxygen atoms in total. The van der Waals surface area contributed by atoms with Crippen LogP contribution in [0.1, 0.15) is 6.92 Å². The van der Waals surface area contributed by atoms with Gasteiger partial charge in [-0.3, -0.25) is 5.32 Å². The van der Waals surface area contributed by atoms with Gasteiger partial charge in [0.2, 0.25) is 0 Å². The zero-order chi connectivity index (χ0) is 12.7. The molecule has 6 heteroatoms. The fourth-order valence-electron chi connectivity index (χ4n) is 1.17. The highest BCUT2D eigenvalue weighted by Gasteiger charge is 2.09. The molecule has 0 bridgehead atoms. The Labute approximate surface area is 104 Å². The number of aliphatic hydroxyl groups excluding tert-OH is 1. The molecule has 0 aliphatic rings. The van der Waals surface area contributed by atoms with Crippen LogP contribution in [0.15, 0.2) is 18.2 Å². The third-order valence-corrected chi connectivity index (χ3v) is 2.04. The van der Waals surface area contributed by atoms with Crippen molar-refractivity contribution in [1.29, 1.82) is 0 Å². The molecule has 94 valence electrons. The van der Waals surface area contributed by atoms with Crippen molar-refractivity contribution in [2.24, 2.45) is 0 Å². The Kier molecular flexibility index (Phi) is 5.59. The topological polar surface area (TPSA) is 67.8 Å². The number of halogens is 1. The first-order valence-electron chi connectivity index (χ1n) is 5.14. The van der Waals surface area contributed by atoms with Gasteiger partial charge in [0.15, 0.2) is 0 Å². The number of rotatable bonds is 5. The summed E-state index contributed by atoms with van der Waals surface area (Å²) >= 11 is 5.82. The maximum absolute atomic E-state index is 11.3. The summed E-state index contributed by atoms with van der Waals surface area (Å²) in [4.78, 5) is 11.3. The summed E-state index contributed by atoms with van der Waals surface area (Å²) in [6.07, 6.45) is -0.665. The molecule has 0 saturated carbocycles. The van der Waals surface area contributed by atoms with Crippen molar-refractivity contribution < 1.29 is 19.4 Å². The summed E-state index contributed by atoms with van der Waals surface area (Å²) in [6, 6.07) is 4.89. The predicted molar refractivity (Wildman–Crippen MR) is 64.7 cm³/mol. The second-order valence-electron chi connectivity index (χ2n) is 3.06. The molecule has 0 aliphatic carbocycles. The first kappa shape index (κ1) is 13.6. The van der Waals surface area contributed by atoms with Gasteiger partial charge in [-0.1, -0.05) is 11.6 Å². The normalized spacial score (nSPS) is 9.82. The Bertz CT molecular complexity index is 384. The Hall–Kier alpha value is -1.46. The lowest BCUT2D eigenvalue weighted by Crippen LogP contribution is -2.16. The maximum Gasteiger partial charge on any atom is 0.411 e. The second-order valence-corrected chi connectivity index (χ2v) is 3.49. The van der Waals surface area contributed by atoms with Crippen LogP contribution in [0.4, 0.5) is 10.5 Å². The van der Waals surface area contributed by atoms with Crippen molar-refractivity contribution >= 4 is 23.4 Å². The molecule has 0 unspecified atom stereocenters. The first-order chi connectivity index (χ1) is 8.17. The number of anilines is 1. The molecule has 0 radical (unpaired) electrons. The lowest BCUT2D eigenvalue weighted by Gasteiger charge is -2.11. The van der Waals surface area contributed by atoms with Crippen molar-refractivity contribution in [3.63, 3.8) is 0 Å². The van der Waals surface area contributed by atoms with Crippen molar-refractivity contribution in [3.05, 3.63) is 23.2 Å². The molecule has 17 heavy (non-hydrogen) atoms. The molecule has 1 aromatic carbocycles. The fraction of sp³-hybridized carbons (Fsp3) is 0.364. The van der Waals surface area contributed by atoms with Gasteiger partial charge in [0.05, 0.1) is 18.9 Å². The number of amides is 1. The quantitative estimate of drug-likeness (QED) is 0.851. The van der Waals surface area contributed by atoms with Crippen LogP contribution in [-0.2, 0) is 4.74 Å². The highest BCUT2D eigenvalue weighted by molar-refractivity contribution is 6.31. The van der Waals surface area contributed by atoms with Crippen LogP contribution < -0.4 is 10.1 Å². The molecule has 1 rings (SSSR count). The van der Waals surface area contributed by atoms with E-state index in [4.69, 9.17) is 21.4 Å². The molecule has 0 aromatic heterocycles. The number of aliphatic hydroxyl groups is 1. The minimum absolute atomic E-state index is 0.0592. The monoisotopic (exact) mass is 259 g/mol. The number of ether oxygens (including phenoxy) is 2. The largest absolute Gasteiger partial charge is 0.492 e. The van der Waals surface area contributed by atoms with Crippen LogP contribution in [0.3, 0.4) is 0 Å². The summed E-state index contributed by atoms with van der Waals surface area (Å²) in [6.45, 7) is 2.03. The number of hydrogen-bond acceptors (Lipinski definition) is 4. The molecule has 0 aliphatic heterocycles. The van der Waals surface area contributed by atoms with Gasteiger partial charge in [0.25, 0.3) is 0 Å². The van der Waals surface area contributed by atoms with E-state index in [9.17, 15) is 4.79 Å². The van der Waals surface area contributed by atoms with Gasteiger partial charge in [-0.15, -0.1) is 0 Å². The Morgan fingerprint density at radius 3 is 2.94 bits per heavy atom. The van der Waals surface area contributed by atoms with Crippen LogP contribution in [0, 0.1) is 0 Å². The summed E-state index contributed by atoms with van der Waals surface area (Å²) in [5.74, 6) is 0.512. The maximum atomic E-state index is 11.3. The van der Waals surface area contributed by atoms with Gasteiger partial charge in [-0.2, -0.15) is 0 Å². The van der Waals surface area contributed by atoms with Crippen molar-refractivity contribution in [1.82, 2.24) is 0 Å². The molecule has 0 atom stereocenters. The van der Waals surface area contributed by atoms with E-state index in [0.717, 1.165) is 0 Å².